The highest BCUT2D eigenvalue weighted by molar-refractivity contribution is 7.98. The van der Waals surface area contributed by atoms with Crippen LogP contribution in [0.25, 0.3) is 0 Å². The highest BCUT2D eigenvalue weighted by atomic mass is 32.2. The molecule has 0 radical (unpaired) electrons. The van der Waals surface area contributed by atoms with Crippen LogP contribution >= 0.6 is 11.8 Å². The zero-order valence-corrected chi connectivity index (χ0v) is 13.0. The Hall–Kier alpha value is -1.89. The first-order valence-corrected chi connectivity index (χ1v) is 7.43. The van der Waals surface area contributed by atoms with Crippen LogP contribution in [0.15, 0.2) is 29.4 Å². The number of likely N-dealkylation sites (N-methyl/N-ethyl adjacent to an activating group) is 1. The van der Waals surface area contributed by atoms with E-state index in [4.69, 9.17) is 0 Å². The van der Waals surface area contributed by atoms with Crippen molar-refractivity contribution in [2.24, 2.45) is 0 Å². The van der Waals surface area contributed by atoms with Crippen LogP contribution in [0.5, 0.6) is 0 Å². The van der Waals surface area contributed by atoms with Crippen molar-refractivity contribution in [2.75, 3.05) is 14.1 Å². The molecule has 0 N–H and O–H groups in total. The maximum Gasteiger partial charge on any atom is 0.242 e. The average molecular weight is 308 g/mol. The SMILES string of the molecule is Cc1nnc(SCc2ccc(F)cc2)n1CC(=O)N(C)C. The lowest BCUT2D eigenvalue weighted by atomic mass is 10.2. The fraction of sp³-hybridized carbons (Fsp3) is 0.357. The first kappa shape index (κ1) is 15.5. The van der Waals surface area contributed by atoms with Gasteiger partial charge in [-0.15, -0.1) is 10.2 Å². The summed E-state index contributed by atoms with van der Waals surface area (Å²) in [5, 5.41) is 8.80. The monoisotopic (exact) mass is 308 g/mol. The van der Waals surface area contributed by atoms with Crippen LogP contribution in [0.2, 0.25) is 0 Å². The van der Waals surface area contributed by atoms with Crippen LogP contribution in [0, 0.1) is 12.7 Å². The van der Waals surface area contributed by atoms with Crippen LogP contribution in [-0.4, -0.2) is 39.7 Å². The van der Waals surface area contributed by atoms with Crippen LogP contribution in [-0.2, 0) is 17.1 Å². The number of nitrogens with zero attached hydrogens (tertiary/aromatic N) is 4. The van der Waals surface area contributed by atoms with E-state index in [0.717, 1.165) is 5.56 Å². The summed E-state index contributed by atoms with van der Waals surface area (Å²) in [5.74, 6) is 1.09. The molecule has 2 rings (SSSR count). The Kier molecular flexibility index (Phi) is 4.95. The van der Waals surface area contributed by atoms with Crippen molar-refractivity contribution in [2.45, 2.75) is 24.4 Å². The molecule has 1 aromatic heterocycles. The molecule has 7 heteroatoms. The van der Waals surface area contributed by atoms with Gasteiger partial charge in [-0.1, -0.05) is 23.9 Å². The summed E-state index contributed by atoms with van der Waals surface area (Å²) in [6.45, 7) is 2.04. The summed E-state index contributed by atoms with van der Waals surface area (Å²) in [6.07, 6.45) is 0. The Labute approximate surface area is 127 Å². The van der Waals surface area contributed by atoms with Gasteiger partial charge in [0.05, 0.1) is 0 Å². The maximum absolute atomic E-state index is 12.9. The molecule has 1 amide bonds. The largest absolute Gasteiger partial charge is 0.347 e. The number of carbonyl (C=O) groups excluding carboxylic acids is 1. The molecular weight excluding hydrogens is 291 g/mol. The summed E-state index contributed by atoms with van der Waals surface area (Å²) < 4.78 is 14.6. The molecule has 21 heavy (non-hydrogen) atoms. The first-order valence-electron chi connectivity index (χ1n) is 6.44. The van der Waals surface area contributed by atoms with Gasteiger partial charge in [0.25, 0.3) is 0 Å². The van der Waals surface area contributed by atoms with Crippen LogP contribution in [0.4, 0.5) is 4.39 Å². The van der Waals surface area contributed by atoms with Gasteiger partial charge in [0.1, 0.15) is 18.2 Å². The smallest absolute Gasteiger partial charge is 0.242 e. The molecule has 0 fully saturated rings. The number of carbonyl (C=O) groups is 1. The molecule has 0 aliphatic rings. The minimum Gasteiger partial charge on any atom is -0.347 e. The molecule has 1 aromatic carbocycles. The fourth-order valence-corrected chi connectivity index (χ4v) is 2.59. The van der Waals surface area contributed by atoms with E-state index >= 15 is 0 Å². The molecule has 2 aromatic rings. The topological polar surface area (TPSA) is 51.0 Å². The van der Waals surface area contributed by atoms with Gasteiger partial charge in [-0.3, -0.25) is 9.36 Å². The second kappa shape index (κ2) is 6.71. The lowest BCUT2D eigenvalue weighted by Gasteiger charge is -2.12. The second-order valence-electron chi connectivity index (χ2n) is 4.82. The van der Waals surface area contributed by atoms with Crippen LogP contribution in [0.3, 0.4) is 0 Å². The summed E-state index contributed by atoms with van der Waals surface area (Å²) in [7, 11) is 3.43. The Bertz CT molecular complexity index is 624. The molecule has 112 valence electrons. The number of halogens is 1. The van der Waals surface area contributed by atoms with Gasteiger partial charge in [-0.05, 0) is 24.6 Å². The van der Waals surface area contributed by atoms with Gasteiger partial charge in [-0.2, -0.15) is 0 Å². The third kappa shape index (κ3) is 4.04. The van der Waals surface area contributed by atoms with E-state index in [1.165, 1.54) is 28.8 Å². The fourth-order valence-electron chi connectivity index (χ4n) is 1.66. The van der Waals surface area contributed by atoms with Crippen molar-refractivity contribution in [3.63, 3.8) is 0 Å². The molecule has 0 spiro atoms. The minimum absolute atomic E-state index is 0.0125. The van der Waals surface area contributed by atoms with Crippen LogP contribution in [0.1, 0.15) is 11.4 Å². The lowest BCUT2D eigenvalue weighted by molar-refractivity contribution is -0.129. The van der Waals surface area contributed by atoms with Crippen molar-refractivity contribution >= 4 is 17.7 Å². The van der Waals surface area contributed by atoms with Crippen molar-refractivity contribution in [1.82, 2.24) is 19.7 Å². The number of aryl methyl sites for hydroxylation is 1. The van der Waals surface area contributed by atoms with E-state index in [2.05, 4.69) is 10.2 Å². The van der Waals surface area contributed by atoms with E-state index in [9.17, 15) is 9.18 Å². The Morgan fingerprint density at radius 2 is 1.95 bits per heavy atom. The van der Waals surface area contributed by atoms with E-state index in [1.807, 2.05) is 6.92 Å². The predicted octanol–water partition coefficient (Wildman–Crippen LogP) is 2.11. The average Bonchev–Trinajstić information content (AvgIpc) is 2.79. The summed E-state index contributed by atoms with van der Waals surface area (Å²) in [5.41, 5.74) is 0.993. The molecule has 0 aliphatic carbocycles. The van der Waals surface area contributed by atoms with Gasteiger partial charge in [0.15, 0.2) is 5.16 Å². The normalized spacial score (nSPS) is 10.7. The number of hydrogen-bond acceptors (Lipinski definition) is 4. The predicted molar refractivity (Wildman–Crippen MR) is 79.4 cm³/mol. The van der Waals surface area contributed by atoms with Gasteiger partial charge in [0, 0.05) is 19.8 Å². The number of thioether (sulfide) groups is 1. The highest BCUT2D eigenvalue weighted by Crippen LogP contribution is 2.22. The Balaban J connectivity index is 2.06. The zero-order valence-electron chi connectivity index (χ0n) is 12.2. The van der Waals surface area contributed by atoms with Crippen molar-refractivity contribution < 1.29 is 9.18 Å². The molecule has 1 heterocycles. The molecule has 0 saturated carbocycles. The molecule has 5 nitrogen and oxygen atoms in total. The maximum atomic E-state index is 12.9. The standard InChI is InChI=1S/C14H17FN4OS/c1-10-16-17-14(19(10)8-13(20)18(2)3)21-9-11-4-6-12(15)7-5-11/h4-7H,8-9H2,1-3H3. The van der Waals surface area contributed by atoms with Gasteiger partial charge in [-0.25, -0.2) is 4.39 Å². The molecule has 0 aliphatic heterocycles. The quantitative estimate of drug-likeness (QED) is 0.794. The van der Waals surface area contributed by atoms with E-state index in [-0.39, 0.29) is 18.3 Å². The van der Waals surface area contributed by atoms with E-state index in [1.54, 1.807) is 30.8 Å². The van der Waals surface area contributed by atoms with Crippen molar-refractivity contribution in [3.05, 3.63) is 41.5 Å². The number of hydrogen-bond donors (Lipinski definition) is 0. The summed E-state index contributed by atoms with van der Waals surface area (Å²) in [4.78, 5) is 13.4. The minimum atomic E-state index is -0.251. The summed E-state index contributed by atoms with van der Waals surface area (Å²) >= 11 is 1.48. The van der Waals surface area contributed by atoms with Gasteiger partial charge < -0.3 is 4.90 Å². The first-order chi connectivity index (χ1) is 9.97. The number of rotatable bonds is 5. The molecule has 0 unspecified atom stereocenters. The molecule has 0 bridgehead atoms. The molecular formula is C14H17FN4OS. The van der Waals surface area contributed by atoms with Gasteiger partial charge in [0.2, 0.25) is 5.91 Å². The van der Waals surface area contributed by atoms with Gasteiger partial charge >= 0.3 is 0 Å². The number of benzene rings is 1. The van der Waals surface area contributed by atoms with Crippen LogP contribution < -0.4 is 0 Å². The second-order valence-corrected chi connectivity index (χ2v) is 5.76. The Morgan fingerprint density at radius 1 is 1.29 bits per heavy atom. The highest BCUT2D eigenvalue weighted by Gasteiger charge is 2.14. The number of amides is 1. The van der Waals surface area contributed by atoms with E-state index < -0.39 is 0 Å². The lowest BCUT2D eigenvalue weighted by Crippen LogP contribution is -2.27. The third-order valence-electron chi connectivity index (χ3n) is 2.98. The zero-order chi connectivity index (χ0) is 15.4. The third-order valence-corrected chi connectivity index (χ3v) is 4.01. The Morgan fingerprint density at radius 3 is 2.57 bits per heavy atom. The van der Waals surface area contributed by atoms with E-state index in [0.29, 0.717) is 16.7 Å². The molecule has 0 atom stereocenters. The number of aromatic nitrogens is 3. The van der Waals surface area contributed by atoms with Crippen molar-refractivity contribution in [3.8, 4) is 0 Å². The molecule has 0 saturated heterocycles. The van der Waals surface area contributed by atoms with Crippen molar-refractivity contribution in [1.29, 1.82) is 0 Å². The summed E-state index contributed by atoms with van der Waals surface area (Å²) in [6, 6.07) is 6.34.